The van der Waals surface area contributed by atoms with Crippen molar-refractivity contribution in [1.82, 2.24) is 20.3 Å². The second-order valence-corrected chi connectivity index (χ2v) is 3.01. The fourth-order valence-electron chi connectivity index (χ4n) is 1.03. The van der Waals surface area contributed by atoms with Crippen LogP contribution in [0.25, 0.3) is 11.5 Å². The third kappa shape index (κ3) is 1.73. The van der Waals surface area contributed by atoms with Crippen LogP contribution in [-0.4, -0.2) is 27.4 Å². The van der Waals surface area contributed by atoms with Gasteiger partial charge in [-0.3, -0.25) is 10.2 Å². The standard InChI is InChI=1S/C7H8N4O2S/c1-12-3-4-2-5(11-13-4)6-8-7(14)10-9-6/h2H,3H2,1H3,(H2,8,9,10,14). The van der Waals surface area contributed by atoms with Gasteiger partial charge in [-0.2, -0.15) is 4.98 Å². The van der Waals surface area contributed by atoms with Gasteiger partial charge in [-0.15, -0.1) is 0 Å². The van der Waals surface area contributed by atoms with Gasteiger partial charge < -0.3 is 9.26 Å². The summed E-state index contributed by atoms with van der Waals surface area (Å²) in [6.07, 6.45) is 0. The number of hydrogen-bond acceptors (Lipinski definition) is 5. The van der Waals surface area contributed by atoms with Gasteiger partial charge in [0.05, 0.1) is 0 Å². The summed E-state index contributed by atoms with van der Waals surface area (Å²) < 4.78 is 10.3. The first kappa shape index (κ1) is 9.10. The number of ether oxygens (including phenoxy) is 1. The van der Waals surface area contributed by atoms with Gasteiger partial charge in [0.15, 0.2) is 17.3 Å². The van der Waals surface area contributed by atoms with Crippen molar-refractivity contribution in [3.63, 3.8) is 0 Å². The minimum absolute atomic E-state index is 0.385. The SMILES string of the molecule is COCc1cc(-c2nc(=S)[nH][nH]2)no1. The van der Waals surface area contributed by atoms with Crippen LogP contribution >= 0.6 is 12.2 Å². The Hall–Kier alpha value is -1.47. The minimum Gasteiger partial charge on any atom is -0.377 e. The fourth-order valence-corrected chi connectivity index (χ4v) is 1.17. The van der Waals surface area contributed by atoms with Crippen molar-refractivity contribution < 1.29 is 9.26 Å². The van der Waals surface area contributed by atoms with E-state index in [9.17, 15) is 0 Å². The zero-order valence-electron chi connectivity index (χ0n) is 7.40. The zero-order valence-corrected chi connectivity index (χ0v) is 8.22. The van der Waals surface area contributed by atoms with E-state index in [1.54, 1.807) is 13.2 Å². The molecule has 0 atom stereocenters. The van der Waals surface area contributed by atoms with E-state index in [1.807, 2.05) is 0 Å². The smallest absolute Gasteiger partial charge is 0.213 e. The molecule has 0 saturated carbocycles. The molecule has 2 N–H and O–H groups in total. The normalized spacial score (nSPS) is 10.6. The number of hydrogen-bond donors (Lipinski definition) is 2. The molecule has 0 bridgehead atoms. The first-order chi connectivity index (χ1) is 6.79. The number of nitrogens with zero attached hydrogens (tertiary/aromatic N) is 2. The Morgan fingerprint density at radius 2 is 2.43 bits per heavy atom. The molecule has 0 unspecified atom stereocenters. The van der Waals surface area contributed by atoms with Gasteiger partial charge in [-0.1, -0.05) is 5.16 Å². The maximum Gasteiger partial charge on any atom is 0.213 e. The summed E-state index contributed by atoms with van der Waals surface area (Å²) in [6, 6.07) is 1.74. The van der Waals surface area contributed by atoms with E-state index in [-0.39, 0.29) is 0 Å². The Balaban J connectivity index is 2.28. The lowest BCUT2D eigenvalue weighted by Gasteiger charge is -1.87. The second kappa shape index (κ2) is 3.72. The van der Waals surface area contributed by atoms with Gasteiger partial charge in [-0.05, 0) is 12.2 Å². The van der Waals surface area contributed by atoms with Crippen LogP contribution < -0.4 is 0 Å². The average Bonchev–Trinajstić information content (AvgIpc) is 2.74. The molecule has 0 fully saturated rings. The number of aromatic amines is 2. The van der Waals surface area contributed by atoms with Crippen LogP contribution in [-0.2, 0) is 11.3 Å². The summed E-state index contributed by atoms with van der Waals surface area (Å²) in [4.78, 5) is 3.99. The molecule has 0 amide bonds. The molecular weight excluding hydrogens is 204 g/mol. The van der Waals surface area contributed by atoms with Crippen molar-refractivity contribution in [2.24, 2.45) is 0 Å². The molecule has 74 valence electrons. The van der Waals surface area contributed by atoms with Crippen LogP contribution in [0.2, 0.25) is 0 Å². The van der Waals surface area contributed by atoms with Crippen LogP contribution in [0, 0.1) is 4.77 Å². The van der Waals surface area contributed by atoms with E-state index < -0.39 is 0 Å². The highest BCUT2D eigenvalue weighted by Crippen LogP contribution is 2.14. The third-order valence-electron chi connectivity index (χ3n) is 1.59. The molecule has 0 aromatic carbocycles. The predicted molar refractivity (Wildman–Crippen MR) is 50.0 cm³/mol. The van der Waals surface area contributed by atoms with Crippen LogP contribution in [0.3, 0.4) is 0 Å². The molecule has 2 aromatic heterocycles. The first-order valence-corrected chi connectivity index (χ1v) is 4.30. The molecule has 2 aromatic rings. The predicted octanol–water partition coefficient (Wildman–Crippen LogP) is 1.27. The minimum atomic E-state index is 0.385. The van der Waals surface area contributed by atoms with Crippen molar-refractivity contribution in [1.29, 1.82) is 0 Å². The van der Waals surface area contributed by atoms with Crippen LogP contribution in [0.4, 0.5) is 0 Å². The molecule has 2 heterocycles. The molecule has 0 aliphatic carbocycles. The van der Waals surface area contributed by atoms with Gasteiger partial charge in [0.25, 0.3) is 0 Å². The molecular formula is C7H8N4O2S. The van der Waals surface area contributed by atoms with E-state index in [4.69, 9.17) is 21.5 Å². The molecule has 2 rings (SSSR count). The Morgan fingerprint density at radius 1 is 1.57 bits per heavy atom. The number of nitrogens with one attached hydrogen (secondary N) is 2. The van der Waals surface area contributed by atoms with Crippen LogP contribution in [0.5, 0.6) is 0 Å². The number of rotatable bonds is 3. The largest absolute Gasteiger partial charge is 0.377 e. The Morgan fingerprint density at radius 3 is 3.07 bits per heavy atom. The van der Waals surface area contributed by atoms with Crippen LogP contribution in [0.1, 0.15) is 5.76 Å². The third-order valence-corrected chi connectivity index (χ3v) is 1.78. The van der Waals surface area contributed by atoms with Gasteiger partial charge in [-0.25, -0.2) is 0 Å². The van der Waals surface area contributed by atoms with E-state index >= 15 is 0 Å². The summed E-state index contributed by atoms with van der Waals surface area (Å²) in [7, 11) is 1.59. The van der Waals surface area contributed by atoms with Crippen molar-refractivity contribution >= 4 is 12.2 Å². The summed E-state index contributed by atoms with van der Waals surface area (Å²) in [5.41, 5.74) is 0.601. The molecule has 0 spiro atoms. The fraction of sp³-hybridized carbons (Fsp3) is 0.286. The number of methoxy groups -OCH3 is 1. The summed E-state index contributed by atoms with van der Waals surface area (Å²) in [5.74, 6) is 1.20. The van der Waals surface area contributed by atoms with Gasteiger partial charge in [0, 0.05) is 13.2 Å². The molecule has 0 aliphatic heterocycles. The van der Waals surface area contributed by atoms with E-state index in [2.05, 4.69) is 20.3 Å². The van der Waals surface area contributed by atoms with Crippen molar-refractivity contribution in [3.05, 3.63) is 16.6 Å². The molecule has 0 aliphatic rings. The van der Waals surface area contributed by atoms with Gasteiger partial charge >= 0.3 is 0 Å². The van der Waals surface area contributed by atoms with Gasteiger partial charge in [0.1, 0.15) is 6.61 Å². The maximum absolute atomic E-state index is 4.99. The van der Waals surface area contributed by atoms with Crippen molar-refractivity contribution in [3.8, 4) is 11.5 Å². The Bertz CT molecular complexity index is 472. The molecule has 0 radical (unpaired) electrons. The molecule has 0 saturated heterocycles. The number of H-pyrrole nitrogens is 2. The molecule has 7 heteroatoms. The van der Waals surface area contributed by atoms with Gasteiger partial charge in [0.2, 0.25) is 4.77 Å². The highest BCUT2D eigenvalue weighted by Gasteiger charge is 2.08. The average molecular weight is 212 g/mol. The lowest BCUT2D eigenvalue weighted by atomic mass is 10.3. The maximum atomic E-state index is 4.99. The Labute approximate surface area is 84.3 Å². The van der Waals surface area contributed by atoms with Crippen molar-refractivity contribution in [2.45, 2.75) is 6.61 Å². The Kier molecular flexibility index (Phi) is 2.42. The lowest BCUT2D eigenvalue weighted by Crippen LogP contribution is -1.82. The van der Waals surface area contributed by atoms with E-state index in [1.165, 1.54) is 0 Å². The lowest BCUT2D eigenvalue weighted by molar-refractivity contribution is 0.156. The second-order valence-electron chi connectivity index (χ2n) is 2.63. The highest BCUT2D eigenvalue weighted by atomic mass is 32.1. The highest BCUT2D eigenvalue weighted by molar-refractivity contribution is 7.71. The summed E-state index contributed by atoms with van der Waals surface area (Å²) in [6.45, 7) is 0.387. The topological polar surface area (TPSA) is 79.7 Å². The van der Waals surface area contributed by atoms with Crippen molar-refractivity contribution in [2.75, 3.05) is 7.11 Å². The monoisotopic (exact) mass is 212 g/mol. The zero-order chi connectivity index (χ0) is 9.97. The van der Waals surface area contributed by atoms with E-state index in [0.717, 1.165) is 0 Å². The quantitative estimate of drug-likeness (QED) is 0.749. The number of aromatic nitrogens is 4. The summed E-state index contributed by atoms with van der Waals surface area (Å²) in [5, 5.41) is 9.25. The van der Waals surface area contributed by atoms with Crippen LogP contribution in [0.15, 0.2) is 10.6 Å². The van der Waals surface area contributed by atoms with E-state index in [0.29, 0.717) is 28.7 Å². The first-order valence-electron chi connectivity index (χ1n) is 3.89. The summed E-state index contributed by atoms with van der Waals surface area (Å²) >= 11 is 4.81. The molecule has 14 heavy (non-hydrogen) atoms. The molecule has 6 nitrogen and oxygen atoms in total.